The first-order valence-corrected chi connectivity index (χ1v) is 12.3. The predicted octanol–water partition coefficient (Wildman–Crippen LogP) is 3.52. The van der Waals surface area contributed by atoms with Crippen molar-refractivity contribution in [3.8, 4) is 0 Å². The molecule has 0 aromatic carbocycles. The number of aromatic nitrogens is 2. The van der Waals surface area contributed by atoms with Gasteiger partial charge < -0.3 is 20.5 Å². The van der Waals surface area contributed by atoms with Crippen LogP contribution in [0.5, 0.6) is 0 Å². The number of amides is 1. The van der Waals surface area contributed by atoms with Gasteiger partial charge in [0.2, 0.25) is 5.91 Å². The highest BCUT2D eigenvalue weighted by Gasteiger charge is 2.54. The monoisotopic (exact) mass is 486 g/mol. The van der Waals surface area contributed by atoms with Crippen LogP contribution in [-0.2, 0) is 32.6 Å². The Kier molecular flexibility index (Phi) is 8.00. The molecule has 34 heavy (non-hydrogen) atoms. The summed E-state index contributed by atoms with van der Waals surface area (Å²) in [7, 11) is 0. The topological polar surface area (TPSA) is 113 Å². The first-order valence-electron chi connectivity index (χ1n) is 11.9. The van der Waals surface area contributed by atoms with Crippen LogP contribution in [0.25, 0.3) is 0 Å². The number of anilines is 1. The summed E-state index contributed by atoms with van der Waals surface area (Å²) in [5, 5.41) is 16.0. The van der Waals surface area contributed by atoms with Crippen molar-refractivity contribution in [2.75, 3.05) is 25.1 Å². The van der Waals surface area contributed by atoms with Gasteiger partial charge in [0.15, 0.2) is 0 Å². The standard InChI is InChI=1S/C25H31ClN4O4/c26-19-7-4-13-27-21(19)25(11-12-25)24(33)30-20(23(31)32)10-16-34-15-2-1-6-18-9-8-17-5-3-14-28-22(17)29-18/h4,7-9,13,20H,1-3,5-6,10-12,14-16H2,(H,28,29)(H,30,33)(H,31,32)/t20-/m0/s1. The molecule has 0 spiro atoms. The number of hydrogen-bond donors (Lipinski definition) is 3. The van der Waals surface area contributed by atoms with Crippen LogP contribution in [0.4, 0.5) is 5.82 Å². The number of carboxylic acid groups (broad SMARTS) is 1. The molecule has 1 atom stereocenters. The fraction of sp³-hybridized carbons (Fsp3) is 0.520. The Hall–Kier alpha value is -2.71. The zero-order valence-corrected chi connectivity index (χ0v) is 19.9. The zero-order chi connectivity index (χ0) is 24.0. The molecule has 2 aromatic rings. The Morgan fingerprint density at radius 1 is 1.24 bits per heavy atom. The molecule has 1 aliphatic heterocycles. The Labute approximate surface area is 204 Å². The van der Waals surface area contributed by atoms with Gasteiger partial charge in [-0.15, -0.1) is 0 Å². The molecular formula is C25H31ClN4O4. The molecule has 2 aromatic heterocycles. The van der Waals surface area contributed by atoms with Crippen molar-refractivity contribution in [1.82, 2.24) is 15.3 Å². The van der Waals surface area contributed by atoms with E-state index in [0.717, 1.165) is 50.2 Å². The number of carbonyl (C=O) groups excluding carboxylic acids is 1. The van der Waals surface area contributed by atoms with Crippen LogP contribution in [0.1, 0.15) is 55.5 Å². The van der Waals surface area contributed by atoms with Gasteiger partial charge in [0.05, 0.1) is 16.1 Å². The number of aliphatic carboxylic acids is 1. The first kappa shape index (κ1) is 24.4. The maximum absolute atomic E-state index is 12.9. The van der Waals surface area contributed by atoms with Crippen LogP contribution in [-0.4, -0.2) is 52.8 Å². The third-order valence-electron chi connectivity index (χ3n) is 6.47. The van der Waals surface area contributed by atoms with E-state index in [-0.39, 0.29) is 18.9 Å². The minimum Gasteiger partial charge on any atom is -0.480 e. The van der Waals surface area contributed by atoms with Crippen molar-refractivity contribution in [2.45, 2.75) is 62.8 Å². The molecule has 0 saturated heterocycles. The van der Waals surface area contributed by atoms with E-state index in [0.29, 0.717) is 30.2 Å². The van der Waals surface area contributed by atoms with Gasteiger partial charge in [0.25, 0.3) is 0 Å². The fourth-order valence-corrected chi connectivity index (χ4v) is 4.61. The summed E-state index contributed by atoms with van der Waals surface area (Å²) < 4.78 is 5.65. The van der Waals surface area contributed by atoms with Crippen LogP contribution in [0.15, 0.2) is 30.5 Å². The SMILES string of the molecule is O=C(O)[C@H](CCOCCCCc1ccc2c(n1)NCCC2)NC(=O)C1(c2ncccc2Cl)CC1. The number of hydrogen-bond acceptors (Lipinski definition) is 6. The second-order valence-electron chi connectivity index (χ2n) is 8.98. The third-order valence-corrected chi connectivity index (χ3v) is 6.78. The molecule has 3 heterocycles. The largest absolute Gasteiger partial charge is 0.480 e. The molecule has 4 rings (SSSR count). The van der Waals surface area contributed by atoms with Gasteiger partial charge in [-0.2, -0.15) is 0 Å². The summed E-state index contributed by atoms with van der Waals surface area (Å²) in [5.41, 5.74) is 2.05. The number of pyridine rings is 2. The average Bonchev–Trinajstić information content (AvgIpc) is 3.64. The van der Waals surface area contributed by atoms with Crippen molar-refractivity contribution in [3.05, 3.63) is 52.4 Å². The quantitative estimate of drug-likeness (QED) is 0.393. The van der Waals surface area contributed by atoms with Gasteiger partial charge in [-0.25, -0.2) is 9.78 Å². The first-order chi connectivity index (χ1) is 16.5. The van der Waals surface area contributed by atoms with Gasteiger partial charge >= 0.3 is 5.97 Å². The summed E-state index contributed by atoms with van der Waals surface area (Å²) in [6.45, 7) is 1.78. The van der Waals surface area contributed by atoms with Crippen LogP contribution < -0.4 is 10.6 Å². The molecule has 1 aliphatic carbocycles. The number of nitrogens with one attached hydrogen (secondary N) is 2. The number of unbranched alkanes of at least 4 members (excludes halogenated alkanes) is 1. The van der Waals surface area contributed by atoms with E-state index in [9.17, 15) is 14.7 Å². The second-order valence-corrected chi connectivity index (χ2v) is 9.39. The summed E-state index contributed by atoms with van der Waals surface area (Å²) in [6, 6.07) is 6.64. The lowest BCUT2D eigenvalue weighted by molar-refractivity contribution is -0.142. The number of carboxylic acids is 1. The van der Waals surface area contributed by atoms with E-state index >= 15 is 0 Å². The van der Waals surface area contributed by atoms with Crippen molar-refractivity contribution in [2.24, 2.45) is 0 Å². The fourth-order valence-electron chi connectivity index (χ4n) is 4.31. The van der Waals surface area contributed by atoms with Gasteiger partial charge in [-0.1, -0.05) is 17.7 Å². The van der Waals surface area contributed by atoms with Crippen molar-refractivity contribution < 1.29 is 19.4 Å². The number of aryl methyl sites for hydroxylation is 2. The third kappa shape index (κ3) is 5.85. The van der Waals surface area contributed by atoms with E-state index in [1.807, 2.05) is 0 Å². The van der Waals surface area contributed by atoms with Gasteiger partial charge in [0, 0.05) is 38.1 Å². The number of ether oxygens (including phenoxy) is 1. The highest BCUT2D eigenvalue weighted by molar-refractivity contribution is 6.31. The van der Waals surface area contributed by atoms with E-state index in [1.54, 1.807) is 18.3 Å². The zero-order valence-electron chi connectivity index (χ0n) is 19.2. The number of rotatable bonds is 12. The molecular weight excluding hydrogens is 456 g/mol. The highest BCUT2D eigenvalue weighted by Crippen LogP contribution is 2.49. The summed E-state index contributed by atoms with van der Waals surface area (Å²) in [4.78, 5) is 33.5. The minimum absolute atomic E-state index is 0.200. The van der Waals surface area contributed by atoms with Gasteiger partial charge in [0.1, 0.15) is 11.9 Å². The Morgan fingerprint density at radius 3 is 2.85 bits per heavy atom. The Balaban J connectivity index is 1.16. The molecule has 9 heteroatoms. The van der Waals surface area contributed by atoms with Crippen LogP contribution in [0.3, 0.4) is 0 Å². The van der Waals surface area contributed by atoms with Crippen LogP contribution in [0.2, 0.25) is 5.02 Å². The van der Waals surface area contributed by atoms with E-state index in [4.69, 9.17) is 21.3 Å². The van der Waals surface area contributed by atoms with Crippen molar-refractivity contribution in [1.29, 1.82) is 0 Å². The van der Waals surface area contributed by atoms with Gasteiger partial charge in [-0.05, 0) is 68.7 Å². The molecule has 2 aliphatic rings. The van der Waals surface area contributed by atoms with E-state index in [1.165, 1.54) is 5.56 Å². The maximum atomic E-state index is 12.9. The molecule has 0 unspecified atom stereocenters. The lowest BCUT2D eigenvalue weighted by atomic mass is 9.99. The highest BCUT2D eigenvalue weighted by atomic mass is 35.5. The maximum Gasteiger partial charge on any atom is 0.326 e. The molecule has 1 fully saturated rings. The second kappa shape index (κ2) is 11.1. The molecule has 1 saturated carbocycles. The minimum atomic E-state index is -1.08. The van der Waals surface area contributed by atoms with Crippen LogP contribution in [0, 0.1) is 0 Å². The molecule has 0 bridgehead atoms. The molecule has 3 N–H and O–H groups in total. The van der Waals surface area contributed by atoms with E-state index in [2.05, 4.69) is 27.8 Å². The van der Waals surface area contributed by atoms with Gasteiger partial charge in [-0.3, -0.25) is 9.78 Å². The summed E-state index contributed by atoms with van der Waals surface area (Å²) in [6.07, 6.45) is 7.92. The molecule has 0 radical (unpaired) electrons. The summed E-state index contributed by atoms with van der Waals surface area (Å²) >= 11 is 6.22. The average molecular weight is 487 g/mol. The normalized spacial score (nSPS) is 16.7. The van der Waals surface area contributed by atoms with Crippen molar-refractivity contribution >= 4 is 29.3 Å². The molecule has 1 amide bonds. The molecule has 8 nitrogen and oxygen atoms in total. The Bertz CT molecular complexity index is 1030. The number of nitrogens with zero attached hydrogens (tertiary/aromatic N) is 2. The van der Waals surface area contributed by atoms with E-state index < -0.39 is 17.4 Å². The Morgan fingerprint density at radius 2 is 2.09 bits per heavy atom. The number of carbonyl (C=O) groups is 2. The number of fused-ring (bicyclic) bond motifs is 1. The van der Waals surface area contributed by atoms with Crippen molar-refractivity contribution in [3.63, 3.8) is 0 Å². The lowest BCUT2D eigenvalue weighted by Crippen LogP contribution is -2.46. The lowest BCUT2D eigenvalue weighted by Gasteiger charge is -2.20. The smallest absolute Gasteiger partial charge is 0.326 e. The van der Waals surface area contributed by atoms with Crippen LogP contribution >= 0.6 is 11.6 Å². The summed E-state index contributed by atoms with van der Waals surface area (Å²) in [5.74, 6) is -0.403. The number of halogens is 1. The molecule has 182 valence electrons. The predicted molar refractivity (Wildman–Crippen MR) is 129 cm³/mol.